The van der Waals surface area contributed by atoms with Crippen molar-refractivity contribution in [3.05, 3.63) is 128 Å². The number of hydrogen-bond acceptors (Lipinski definition) is 10. The van der Waals surface area contributed by atoms with Crippen molar-refractivity contribution in [2.45, 2.75) is 67.9 Å². The molecular formula is C52H62O10P2. The topological polar surface area (TPSA) is 108 Å². The third-order valence-electron chi connectivity index (χ3n) is 12.3. The Morgan fingerprint density at radius 1 is 0.438 bits per heavy atom. The van der Waals surface area contributed by atoms with E-state index in [4.69, 9.17) is 37.9 Å². The number of ether oxygens (including phenoxy) is 8. The van der Waals surface area contributed by atoms with E-state index in [-0.39, 0.29) is 6.42 Å². The minimum atomic E-state index is -4.01. The Morgan fingerprint density at radius 2 is 0.797 bits per heavy atom. The van der Waals surface area contributed by atoms with Crippen molar-refractivity contribution < 1.29 is 47.0 Å². The summed E-state index contributed by atoms with van der Waals surface area (Å²) in [5, 5.41) is 3.24. The molecule has 6 rings (SSSR count). The van der Waals surface area contributed by atoms with E-state index in [1.165, 1.54) is 0 Å². The smallest absolute Gasteiger partial charge is 0.171 e. The molecule has 0 saturated carbocycles. The van der Waals surface area contributed by atoms with Crippen molar-refractivity contribution in [2.75, 3.05) is 56.9 Å². The Bertz CT molecular complexity index is 2580. The van der Waals surface area contributed by atoms with E-state index in [1.807, 2.05) is 116 Å². The molecule has 0 saturated heterocycles. The lowest BCUT2D eigenvalue weighted by Gasteiger charge is -2.34. The van der Waals surface area contributed by atoms with E-state index in [0.29, 0.717) is 83.2 Å². The maximum absolute atomic E-state index is 17.4. The maximum atomic E-state index is 17.4. The summed E-state index contributed by atoms with van der Waals surface area (Å²) in [5.41, 5.74) is 7.49. The predicted molar refractivity (Wildman–Crippen MR) is 260 cm³/mol. The van der Waals surface area contributed by atoms with Crippen LogP contribution in [0.5, 0.6) is 34.5 Å². The summed E-state index contributed by atoms with van der Waals surface area (Å²) in [6.07, 6.45) is 1.55. The average molecular weight is 909 g/mol. The lowest BCUT2D eigenvalue weighted by Crippen LogP contribution is -2.31. The molecule has 1 atom stereocenters. The summed E-state index contributed by atoms with van der Waals surface area (Å²) in [4.78, 5) is 0. The van der Waals surface area contributed by atoms with Gasteiger partial charge >= 0.3 is 0 Å². The third kappa shape index (κ3) is 8.14. The highest BCUT2D eigenvalue weighted by Gasteiger charge is 2.44. The fourth-order valence-corrected chi connectivity index (χ4v) is 16.2. The van der Waals surface area contributed by atoms with Gasteiger partial charge in [0.2, 0.25) is 0 Å². The highest BCUT2D eigenvalue weighted by molar-refractivity contribution is 7.85. The lowest BCUT2D eigenvalue weighted by molar-refractivity contribution is 0.136. The average Bonchev–Trinajstić information content (AvgIpc) is 3.26. The normalized spacial score (nSPS) is 14.2. The van der Waals surface area contributed by atoms with Crippen LogP contribution in [0.25, 0.3) is 5.57 Å². The van der Waals surface area contributed by atoms with Gasteiger partial charge in [0, 0.05) is 62.6 Å². The highest BCUT2D eigenvalue weighted by Crippen LogP contribution is 2.61. The van der Waals surface area contributed by atoms with Gasteiger partial charge in [-0.15, -0.1) is 0 Å². The van der Waals surface area contributed by atoms with Gasteiger partial charge in [0.05, 0.1) is 55.9 Å². The Labute approximate surface area is 379 Å². The van der Waals surface area contributed by atoms with Gasteiger partial charge in [0.1, 0.15) is 40.3 Å². The quantitative estimate of drug-likeness (QED) is 0.0944. The fraction of sp³-hybridized carbons (Fsp3) is 0.346. The molecular weight excluding hydrogens is 847 g/mol. The second-order valence-electron chi connectivity index (χ2n) is 16.4. The van der Waals surface area contributed by atoms with E-state index in [0.717, 1.165) is 44.5 Å². The SMILES string of the molecule is COC1=C[C@@H](OC)CC(P(=O)(c2cc(C)c(OC)c(C)c2)c2cc(C)c(OC)c(C)c2)=C1c1c(OC)cc(OC)cc1P(=O)(c1cc(C)c(OC)c(C)c1)c1cc(C)c(OC)c(C)c1. The molecule has 1 aliphatic carbocycles. The molecule has 0 unspecified atom stereocenters. The first-order valence-corrected chi connectivity index (χ1v) is 24.5. The molecule has 0 radical (unpaired) electrons. The van der Waals surface area contributed by atoms with E-state index < -0.39 is 20.4 Å². The first-order valence-electron chi connectivity index (χ1n) is 21.0. The largest absolute Gasteiger partial charge is 0.497 e. The molecule has 0 aliphatic heterocycles. The molecule has 0 N–H and O–H groups in total. The van der Waals surface area contributed by atoms with Crippen molar-refractivity contribution in [3.63, 3.8) is 0 Å². The number of benzene rings is 5. The standard InChI is InChI=1S/C52H62O10P2/c1-29-17-39(18-30(2)49(29)59-13)63(53,40-19-31(3)50(60-14)32(4)20-40)45-27-37(55-9)25-43(57-11)47(45)48-44(58-12)26-38(56-10)28-46(48)64(54,41-21-33(5)51(61-15)34(6)22-41)42-23-35(7)52(62-16)36(8)24-42/h17-27,38H,28H2,1-16H3/t38-/m1/s1. The molecule has 0 bridgehead atoms. The summed E-state index contributed by atoms with van der Waals surface area (Å²) < 4.78 is 82.9. The molecule has 340 valence electrons. The van der Waals surface area contributed by atoms with Gasteiger partial charge in [-0.2, -0.15) is 0 Å². The molecule has 64 heavy (non-hydrogen) atoms. The molecule has 5 aromatic carbocycles. The van der Waals surface area contributed by atoms with Gasteiger partial charge in [0.15, 0.2) is 14.3 Å². The molecule has 12 heteroatoms. The van der Waals surface area contributed by atoms with Gasteiger partial charge in [-0.1, -0.05) is 0 Å². The molecule has 0 fully saturated rings. The number of aryl methyl sites for hydroxylation is 8. The monoisotopic (exact) mass is 908 g/mol. The van der Waals surface area contributed by atoms with Crippen molar-refractivity contribution in [3.8, 4) is 34.5 Å². The highest BCUT2D eigenvalue weighted by atomic mass is 31.2. The van der Waals surface area contributed by atoms with Gasteiger partial charge < -0.3 is 47.0 Å². The number of allylic oxidation sites excluding steroid dienone is 1. The summed E-state index contributed by atoms with van der Waals surface area (Å²) in [6, 6.07) is 19.1. The van der Waals surface area contributed by atoms with Crippen LogP contribution >= 0.6 is 14.3 Å². The Kier molecular flexibility index (Phi) is 14.3. The predicted octanol–water partition coefficient (Wildman–Crippen LogP) is 9.52. The van der Waals surface area contributed by atoms with Crippen molar-refractivity contribution in [1.29, 1.82) is 0 Å². The zero-order chi connectivity index (χ0) is 47.0. The van der Waals surface area contributed by atoms with Gasteiger partial charge in [-0.05, 0) is 161 Å². The van der Waals surface area contributed by atoms with Crippen LogP contribution in [0.4, 0.5) is 0 Å². The molecule has 0 heterocycles. The van der Waals surface area contributed by atoms with Gasteiger partial charge in [0.25, 0.3) is 0 Å². The van der Waals surface area contributed by atoms with Gasteiger partial charge in [-0.3, -0.25) is 0 Å². The zero-order valence-electron chi connectivity index (χ0n) is 40.1. The first-order chi connectivity index (χ1) is 30.4. The second-order valence-corrected chi connectivity index (χ2v) is 22.0. The Morgan fingerprint density at radius 3 is 1.09 bits per heavy atom. The number of rotatable bonds is 15. The number of hydrogen-bond donors (Lipinski definition) is 0. The Balaban J connectivity index is 1.92. The summed E-state index contributed by atoms with van der Waals surface area (Å²) in [5.74, 6) is 3.96. The molecule has 5 aromatic rings. The first kappa shape index (κ1) is 48.1. The van der Waals surface area contributed by atoms with Gasteiger partial charge in [-0.25, -0.2) is 0 Å². The minimum absolute atomic E-state index is 0.199. The molecule has 10 nitrogen and oxygen atoms in total. The van der Waals surface area contributed by atoms with Crippen LogP contribution in [-0.4, -0.2) is 63.0 Å². The fourth-order valence-electron chi connectivity index (χ4n) is 9.59. The molecule has 0 spiro atoms. The van der Waals surface area contributed by atoms with Crippen molar-refractivity contribution in [1.82, 2.24) is 0 Å². The van der Waals surface area contributed by atoms with E-state index in [2.05, 4.69) is 0 Å². The van der Waals surface area contributed by atoms with Crippen LogP contribution in [-0.2, 0) is 18.6 Å². The zero-order valence-corrected chi connectivity index (χ0v) is 41.9. The van der Waals surface area contributed by atoms with Crippen LogP contribution in [0.2, 0.25) is 0 Å². The van der Waals surface area contributed by atoms with Crippen LogP contribution in [0.3, 0.4) is 0 Å². The number of methoxy groups -OCH3 is 8. The maximum Gasteiger partial charge on any atom is 0.171 e. The van der Waals surface area contributed by atoms with Crippen LogP contribution in [0, 0.1) is 55.4 Å². The summed E-state index contributed by atoms with van der Waals surface area (Å²) in [7, 11) is 4.93. The molecule has 1 aliphatic rings. The summed E-state index contributed by atoms with van der Waals surface area (Å²) >= 11 is 0. The summed E-state index contributed by atoms with van der Waals surface area (Å²) in [6.45, 7) is 15.6. The minimum Gasteiger partial charge on any atom is -0.497 e. The third-order valence-corrected chi connectivity index (χ3v) is 18.5. The van der Waals surface area contributed by atoms with Crippen molar-refractivity contribution >= 4 is 46.4 Å². The van der Waals surface area contributed by atoms with Crippen LogP contribution in [0.15, 0.2) is 77.8 Å². The Hall–Kier alpha value is -5.40. The van der Waals surface area contributed by atoms with E-state index >= 15 is 9.13 Å². The van der Waals surface area contributed by atoms with Crippen LogP contribution < -0.4 is 54.9 Å². The van der Waals surface area contributed by atoms with Crippen molar-refractivity contribution in [2.24, 2.45) is 0 Å². The van der Waals surface area contributed by atoms with Crippen LogP contribution in [0.1, 0.15) is 56.5 Å². The molecule has 0 amide bonds. The lowest BCUT2D eigenvalue weighted by atomic mass is 9.94. The molecule has 0 aromatic heterocycles. The van der Waals surface area contributed by atoms with E-state index in [9.17, 15) is 0 Å². The van der Waals surface area contributed by atoms with E-state index in [1.54, 1.807) is 62.9 Å². The second kappa shape index (κ2) is 19.0.